The van der Waals surface area contributed by atoms with Crippen LogP contribution >= 0.6 is 0 Å². The number of imidazole rings is 1. The standard InChI is InChI=1S/C17H20N4O2/c22-16-8-4-10-20(16)11-5-9-19-17(23)15-12-18-13-21(15)14-6-2-1-3-7-14/h1-3,6-7,12-13H,4-5,8-11H2,(H,19,23). The molecule has 2 amide bonds. The molecule has 1 saturated heterocycles. The van der Waals surface area contributed by atoms with Crippen molar-refractivity contribution >= 4 is 11.8 Å². The molecule has 0 bridgehead atoms. The number of nitrogens with zero attached hydrogens (tertiary/aromatic N) is 3. The van der Waals surface area contributed by atoms with Crippen molar-refractivity contribution in [3.8, 4) is 5.69 Å². The molecule has 23 heavy (non-hydrogen) atoms. The molecule has 0 atom stereocenters. The number of aromatic nitrogens is 2. The van der Waals surface area contributed by atoms with Gasteiger partial charge in [0.2, 0.25) is 5.91 Å². The first-order valence-electron chi connectivity index (χ1n) is 7.89. The molecule has 1 aliphatic heterocycles. The second-order valence-corrected chi connectivity index (χ2v) is 5.58. The lowest BCUT2D eigenvalue weighted by molar-refractivity contribution is -0.127. The van der Waals surface area contributed by atoms with Gasteiger partial charge in [-0.05, 0) is 25.0 Å². The molecule has 6 heteroatoms. The maximum atomic E-state index is 12.3. The number of nitrogens with one attached hydrogen (secondary N) is 1. The number of carbonyl (C=O) groups is 2. The molecule has 1 aromatic carbocycles. The minimum atomic E-state index is -0.154. The van der Waals surface area contributed by atoms with Crippen LogP contribution in [0.25, 0.3) is 5.69 Å². The Morgan fingerprint density at radius 3 is 2.83 bits per heavy atom. The number of hydrogen-bond donors (Lipinski definition) is 1. The Morgan fingerprint density at radius 1 is 1.26 bits per heavy atom. The fourth-order valence-corrected chi connectivity index (χ4v) is 2.76. The van der Waals surface area contributed by atoms with Gasteiger partial charge in [-0.25, -0.2) is 4.98 Å². The van der Waals surface area contributed by atoms with Crippen molar-refractivity contribution in [2.45, 2.75) is 19.3 Å². The van der Waals surface area contributed by atoms with Crippen LogP contribution < -0.4 is 5.32 Å². The van der Waals surface area contributed by atoms with E-state index in [1.54, 1.807) is 17.1 Å². The summed E-state index contributed by atoms with van der Waals surface area (Å²) in [6.45, 7) is 2.09. The third kappa shape index (κ3) is 3.59. The molecule has 0 spiro atoms. The zero-order valence-electron chi connectivity index (χ0n) is 12.9. The molecule has 0 unspecified atom stereocenters. The van der Waals surface area contributed by atoms with Crippen LogP contribution in [0.1, 0.15) is 29.8 Å². The lowest BCUT2D eigenvalue weighted by Crippen LogP contribution is -2.31. The van der Waals surface area contributed by atoms with Crippen LogP contribution in [0.5, 0.6) is 0 Å². The molecule has 2 heterocycles. The second kappa shape index (κ2) is 7.09. The summed E-state index contributed by atoms with van der Waals surface area (Å²) in [6, 6.07) is 9.63. The van der Waals surface area contributed by atoms with Gasteiger partial charge in [-0.2, -0.15) is 0 Å². The summed E-state index contributed by atoms with van der Waals surface area (Å²) in [4.78, 5) is 29.8. The quantitative estimate of drug-likeness (QED) is 0.824. The van der Waals surface area contributed by atoms with Gasteiger partial charge in [-0.3, -0.25) is 14.2 Å². The maximum Gasteiger partial charge on any atom is 0.269 e. The highest BCUT2D eigenvalue weighted by atomic mass is 16.2. The Balaban J connectivity index is 1.53. The van der Waals surface area contributed by atoms with E-state index < -0.39 is 0 Å². The first-order valence-corrected chi connectivity index (χ1v) is 7.89. The van der Waals surface area contributed by atoms with E-state index in [9.17, 15) is 9.59 Å². The number of rotatable bonds is 6. The van der Waals surface area contributed by atoms with Gasteiger partial charge in [0, 0.05) is 31.7 Å². The lowest BCUT2D eigenvalue weighted by atomic mass is 10.3. The summed E-state index contributed by atoms with van der Waals surface area (Å²) >= 11 is 0. The van der Waals surface area contributed by atoms with E-state index in [4.69, 9.17) is 0 Å². The highest BCUT2D eigenvalue weighted by Crippen LogP contribution is 2.11. The van der Waals surface area contributed by atoms with Gasteiger partial charge in [0.25, 0.3) is 5.91 Å². The van der Waals surface area contributed by atoms with Crippen molar-refractivity contribution in [2.75, 3.05) is 19.6 Å². The van der Waals surface area contributed by atoms with E-state index in [2.05, 4.69) is 10.3 Å². The minimum Gasteiger partial charge on any atom is -0.351 e. The average Bonchev–Trinajstić information content (AvgIpc) is 3.21. The van der Waals surface area contributed by atoms with Crippen molar-refractivity contribution in [1.82, 2.24) is 19.8 Å². The largest absolute Gasteiger partial charge is 0.351 e. The summed E-state index contributed by atoms with van der Waals surface area (Å²) < 4.78 is 1.76. The van der Waals surface area contributed by atoms with E-state index in [0.29, 0.717) is 25.2 Å². The zero-order valence-corrected chi connectivity index (χ0v) is 12.9. The SMILES string of the molecule is O=C(NCCCN1CCCC1=O)c1cncn1-c1ccccc1. The van der Waals surface area contributed by atoms with Crippen LogP contribution in [0, 0.1) is 0 Å². The van der Waals surface area contributed by atoms with Crippen LogP contribution in [-0.2, 0) is 4.79 Å². The predicted octanol–water partition coefficient (Wildman–Crippen LogP) is 1.61. The molecule has 2 aromatic rings. The fraction of sp³-hybridized carbons (Fsp3) is 0.353. The minimum absolute atomic E-state index is 0.154. The first kappa shape index (κ1) is 15.3. The van der Waals surface area contributed by atoms with Gasteiger partial charge in [0.1, 0.15) is 5.69 Å². The van der Waals surface area contributed by atoms with Crippen molar-refractivity contribution in [3.63, 3.8) is 0 Å². The summed E-state index contributed by atoms with van der Waals surface area (Å²) in [5.41, 5.74) is 1.41. The second-order valence-electron chi connectivity index (χ2n) is 5.58. The summed E-state index contributed by atoms with van der Waals surface area (Å²) in [5, 5.41) is 2.90. The Bertz CT molecular complexity index is 681. The van der Waals surface area contributed by atoms with Crippen LogP contribution in [0.4, 0.5) is 0 Å². The Labute approximate surface area is 135 Å². The molecule has 1 aliphatic rings. The normalized spacial score (nSPS) is 14.3. The van der Waals surface area contributed by atoms with Crippen LogP contribution in [0.15, 0.2) is 42.9 Å². The maximum absolute atomic E-state index is 12.3. The van der Waals surface area contributed by atoms with E-state index in [1.807, 2.05) is 35.2 Å². The molecular formula is C17H20N4O2. The number of benzene rings is 1. The number of amides is 2. The molecule has 0 saturated carbocycles. The van der Waals surface area contributed by atoms with Crippen molar-refractivity contribution < 1.29 is 9.59 Å². The van der Waals surface area contributed by atoms with Crippen molar-refractivity contribution in [1.29, 1.82) is 0 Å². The van der Waals surface area contributed by atoms with Gasteiger partial charge >= 0.3 is 0 Å². The smallest absolute Gasteiger partial charge is 0.269 e. The highest BCUT2D eigenvalue weighted by molar-refractivity contribution is 5.93. The topological polar surface area (TPSA) is 67.2 Å². The Morgan fingerprint density at radius 2 is 2.09 bits per heavy atom. The average molecular weight is 312 g/mol. The molecular weight excluding hydrogens is 292 g/mol. The summed E-state index contributed by atoms with van der Waals surface area (Å²) in [5.74, 6) is 0.0672. The molecule has 6 nitrogen and oxygen atoms in total. The molecule has 1 aromatic heterocycles. The number of para-hydroxylation sites is 1. The fourth-order valence-electron chi connectivity index (χ4n) is 2.76. The molecule has 1 fully saturated rings. The first-order chi connectivity index (χ1) is 11.3. The Kier molecular flexibility index (Phi) is 4.71. The molecule has 0 aliphatic carbocycles. The number of likely N-dealkylation sites (tertiary alicyclic amines) is 1. The lowest BCUT2D eigenvalue weighted by Gasteiger charge is -2.15. The molecule has 1 N–H and O–H groups in total. The molecule has 3 rings (SSSR count). The predicted molar refractivity (Wildman–Crippen MR) is 86.3 cm³/mol. The van der Waals surface area contributed by atoms with Crippen molar-refractivity contribution in [3.05, 3.63) is 48.5 Å². The van der Waals surface area contributed by atoms with Crippen LogP contribution in [0.2, 0.25) is 0 Å². The van der Waals surface area contributed by atoms with Gasteiger partial charge in [-0.1, -0.05) is 18.2 Å². The summed E-state index contributed by atoms with van der Waals surface area (Å²) in [6.07, 6.45) is 5.56. The Hall–Kier alpha value is -2.63. The number of carbonyl (C=O) groups excluding carboxylic acids is 2. The number of hydrogen-bond acceptors (Lipinski definition) is 3. The van der Waals surface area contributed by atoms with E-state index >= 15 is 0 Å². The van der Waals surface area contributed by atoms with E-state index in [1.165, 1.54) is 0 Å². The monoisotopic (exact) mass is 312 g/mol. The third-order valence-electron chi connectivity index (χ3n) is 3.97. The van der Waals surface area contributed by atoms with Gasteiger partial charge in [0.05, 0.1) is 12.5 Å². The van der Waals surface area contributed by atoms with Crippen LogP contribution in [0.3, 0.4) is 0 Å². The van der Waals surface area contributed by atoms with Gasteiger partial charge in [-0.15, -0.1) is 0 Å². The highest BCUT2D eigenvalue weighted by Gasteiger charge is 2.19. The van der Waals surface area contributed by atoms with Gasteiger partial charge < -0.3 is 10.2 Å². The third-order valence-corrected chi connectivity index (χ3v) is 3.97. The van der Waals surface area contributed by atoms with E-state index in [0.717, 1.165) is 25.1 Å². The van der Waals surface area contributed by atoms with Crippen molar-refractivity contribution in [2.24, 2.45) is 0 Å². The molecule has 120 valence electrons. The van der Waals surface area contributed by atoms with Crippen LogP contribution in [-0.4, -0.2) is 45.9 Å². The summed E-state index contributed by atoms with van der Waals surface area (Å²) in [7, 11) is 0. The molecule has 0 radical (unpaired) electrons. The van der Waals surface area contributed by atoms with E-state index in [-0.39, 0.29) is 11.8 Å². The zero-order chi connectivity index (χ0) is 16.1. The van der Waals surface area contributed by atoms with Gasteiger partial charge in [0.15, 0.2) is 0 Å².